The standard InChI is InChI=1S/C10H10N2O3/c1-4-10(2,3)15-9-11-6-5-7(12-9)8(13)14/h1,5-6H,2-3H3,(H,13,14). The summed E-state index contributed by atoms with van der Waals surface area (Å²) in [5.41, 5.74) is -0.996. The summed E-state index contributed by atoms with van der Waals surface area (Å²) >= 11 is 0. The van der Waals surface area contributed by atoms with Crippen molar-refractivity contribution in [1.29, 1.82) is 0 Å². The second-order valence-corrected chi connectivity index (χ2v) is 3.29. The largest absolute Gasteiger partial charge is 0.477 e. The fourth-order valence-electron chi connectivity index (χ4n) is 0.767. The van der Waals surface area contributed by atoms with Gasteiger partial charge in [-0.2, -0.15) is 4.98 Å². The van der Waals surface area contributed by atoms with E-state index in [0.29, 0.717) is 0 Å². The van der Waals surface area contributed by atoms with Crippen LogP contribution in [0.2, 0.25) is 0 Å². The van der Waals surface area contributed by atoms with Crippen LogP contribution < -0.4 is 4.74 Å². The van der Waals surface area contributed by atoms with Gasteiger partial charge in [0.1, 0.15) is 0 Å². The molecule has 15 heavy (non-hydrogen) atoms. The highest BCUT2D eigenvalue weighted by Gasteiger charge is 2.18. The second-order valence-electron chi connectivity index (χ2n) is 3.29. The number of carboxylic acid groups (broad SMARTS) is 1. The lowest BCUT2D eigenvalue weighted by Crippen LogP contribution is -2.26. The number of ether oxygens (including phenoxy) is 1. The molecule has 0 radical (unpaired) electrons. The molecule has 0 atom stereocenters. The van der Waals surface area contributed by atoms with Crippen molar-refractivity contribution >= 4 is 5.97 Å². The Morgan fingerprint density at radius 1 is 1.67 bits per heavy atom. The first-order valence-electron chi connectivity index (χ1n) is 4.18. The summed E-state index contributed by atoms with van der Waals surface area (Å²) in [5.74, 6) is 1.25. The van der Waals surface area contributed by atoms with Crippen molar-refractivity contribution in [3.63, 3.8) is 0 Å². The summed E-state index contributed by atoms with van der Waals surface area (Å²) in [6.07, 6.45) is 6.51. The van der Waals surface area contributed by atoms with Gasteiger partial charge in [0, 0.05) is 6.20 Å². The number of aromatic nitrogens is 2. The minimum absolute atomic E-state index is 0.0437. The lowest BCUT2D eigenvalue weighted by Gasteiger charge is -2.17. The maximum Gasteiger partial charge on any atom is 0.354 e. The van der Waals surface area contributed by atoms with E-state index in [-0.39, 0.29) is 11.7 Å². The molecule has 1 aromatic rings. The summed E-state index contributed by atoms with van der Waals surface area (Å²) in [4.78, 5) is 18.0. The first-order valence-corrected chi connectivity index (χ1v) is 4.18. The van der Waals surface area contributed by atoms with Gasteiger partial charge in [0.15, 0.2) is 11.3 Å². The van der Waals surface area contributed by atoms with E-state index in [4.69, 9.17) is 16.3 Å². The van der Waals surface area contributed by atoms with E-state index in [9.17, 15) is 4.79 Å². The summed E-state index contributed by atoms with van der Waals surface area (Å²) in [5, 5.41) is 8.68. The van der Waals surface area contributed by atoms with Gasteiger partial charge in [-0.05, 0) is 19.9 Å². The van der Waals surface area contributed by atoms with Crippen molar-refractivity contribution in [3.05, 3.63) is 18.0 Å². The normalized spacial score (nSPS) is 10.5. The minimum Gasteiger partial charge on any atom is -0.477 e. The van der Waals surface area contributed by atoms with Gasteiger partial charge >= 0.3 is 12.0 Å². The minimum atomic E-state index is -1.14. The Hall–Kier alpha value is -2.09. The molecular formula is C10H10N2O3. The predicted octanol–water partition coefficient (Wildman–Crippen LogP) is 0.965. The average molecular weight is 206 g/mol. The molecule has 0 unspecified atom stereocenters. The zero-order chi connectivity index (χ0) is 11.5. The van der Waals surface area contributed by atoms with Crippen LogP contribution in [-0.2, 0) is 0 Å². The number of aromatic carboxylic acids is 1. The fraction of sp³-hybridized carbons (Fsp3) is 0.300. The molecule has 0 spiro atoms. The van der Waals surface area contributed by atoms with Crippen molar-refractivity contribution in [1.82, 2.24) is 9.97 Å². The van der Waals surface area contributed by atoms with Crippen LogP contribution in [0.4, 0.5) is 0 Å². The molecule has 1 N–H and O–H groups in total. The van der Waals surface area contributed by atoms with E-state index in [2.05, 4.69) is 15.9 Å². The van der Waals surface area contributed by atoms with Gasteiger partial charge in [0.25, 0.3) is 0 Å². The summed E-state index contributed by atoms with van der Waals surface area (Å²) in [6.45, 7) is 3.31. The van der Waals surface area contributed by atoms with Gasteiger partial charge in [-0.25, -0.2) is 9.78 Å². The molecule has 0 aliphatic rings. The second kappa shape index (κ2) is 3.96. The number of rotatable bonds is 3. The zero-order valence-corrected chi connectivity index (χ0v) is 8.39. The summed E-state index contributed by atoms with van der Waals surface area (Å²) < 4.78 is 5.22. The highest BCUT2D eigenvalue weighted by atomic mass is 16.5. The molecule has 0 aliphatic heterocycles. The first kappa shape index (κ1) is 11.0. The van der Waals surface area contributed by atoms with Crippen LogP contribution in [0, 0.1) is 12.3 Å². The van der Waals surface area contributed by atoms with Crippen molar-refractivity contribution in [3.8, 4) is 18.4 Å². The molecule has 1 rings (SSSR count). The molecule has 1 aromatic heterocycles. The van der Waals surface area contributed by atoms with Crippen LogP contribution in [0.25, 0.3) is 0 Å². The van der Waals surface area contributed by atoms with Gasteiger partial charge in [0.05, 0.1) is 0 Å². The Balaban J connectivity index is 2.93. The fourth-order valence-corrected chi connectivity index (χ4v) is 0.767. The summed E-state index contributed by atoms with van der Waals surface area (Å²) in [7, 11) is 0. The molecule has 5 heteroatoms. The third-order valence-corrected chi connectivity index (χ3v) is 1.55. The highest BCUT2D eigenvalue weighted by Crippen LogP contribution is 2.12. The quantitative estimate of drug-likeness (QED) is 0.746. The van der Waals surface area contributed by atoms with Crippen LogP contribution in [0.15, 0.2) is 12.3 Å². The number of hydrogen-bond acceptors (Lipinski definition) is 4. The number of terminal acetylenes is 1. The number of carbonyl (C=O) groups is 1. The van der Waals surface area contributed by atoms with E-state index in [0.717, 1.165) is 0 Å². The third-order valence-electron chi connectivity index (χ3n) is 1.55. The summed E-state index contributed by atoms with van der Waals surface area (Å²) in [6, 6.07) is 1.23. The molecule has 0 aromatic carbocycles. The van der Waals surface area contributed by atoms with Gasteiger partial charge in [-0.15, -0.1) is 6.42 Å². The number of hydrogen-bond donors (Lipinski definition) is 1. The van der Waals surface area contributed by atoms with Crippen LogP contribution in [0.1, 0.15) is 24.3 Å². The van der Waals surface area contributed by atoms with E-state index in [1.807, 2.05) is 0 Å². The monoisotopic (exact) mass is 206 g/mol. The van der Waals surface area contributed by atoms with Gasteiger partial charge in [-0.3, -0.25) is 0 Å². The Labute approximate surface area is 87.1 Å². The van der Waals surface area contributed by atoms with E-state index in [1.54, 1.807) is 13.8 Å². The lowest BCUT2D eigenvalue weighted by molar-refractivity contribution is 0.0686. The SMILES string of the molecule is C#CC(C)(C)Oc1nccc(C(=O)O)n1. The van der Waals surface area contributed by atoms with Crippen molar-refractivity contribution in [2.45, 2.75) is 19.4 Å². The van der Waals surface area contributed by atoms with Gasteiger partial charge < -0.3 is 9.84 Å². The van der Waals surface area contributed by atoms with E-state index >= 15 is 0 Å². The zero-order valence-electron chi connectivity index (χ0n) is 8.39. The Morgan fingerprint density at radius 3 is 2.87 bits per heavy atom. The maximum atomic E-state index is 10.6. The molecule has 0 saturated heterocycles. The molecule has 0 fully saturated rings. The number of carboxylic acids is 1. The van der Waals surface area contributed by atoms with Gasteiger partial charge in [-0.1, -0.05) is 5.92 Å². The smallest absolute Gasteiger partial charge is 0.354 e. The first-order chi connectivity index (χ1) is 6.94. The lowest BCUT2D eigenvalue weighted by atomic mass is 10.1. The number of nitrogens with zero attached hydrogens (tertiary/aromatic N) is 2. The Bertz CT molecular complexity index is 421. The van der Waals surface area contributed by atoms with Crippen molar-refractivity contribution < 1.29 is 14.6 Å². The molecule has 78 valence electrons. The molecule has 0 saturated carbocycles. The van der Waals surface area contributed by atoms with Crippen molar-refractivity contribution in [2.24, 2.45) is 0 Å². The molecular weight excluding hydrogens is 196 g/mol. The van der Waals surface area contributed by atoms with E-state index < -0.39 is 11.6 Å². The van der Waals surface area contributed by atoms with Gasteiger partial charge in [0.2, 0.25) is 0 Å². The predicted molar refractivity (Wildman–Crippen MR) is 52.5 cm³/mol. The molecule has 0 bridgehead atoms. The van der Waals surface area contributed by atoms with Crippen LogP contribution >= 0.6 is 0 Å². The molecule has 0 aliphatic carbocycles. The third kappa shape index (κ3) is 2.95. The maximum absolute atomic E-state index is 10.6. The van der Waals surface area contributed by atoms with Crippen molar-refractivity contribution in [2.75, 3.05) is 0 Å². The average Bonchev–Trinajstić information content (AvgIpc) is 2.17. The molecule has 0 amide bonds. The molecule has 1 heterocycles. The van der Waals surface area contributed by atoms with Crippen LogP contribution in [0.3, 0.4) is 0 Å². The van der Waals surface area contributed by atoms with E-state index in [1.165, 1.54) is 12.3 Å². The Morgan fingerprint density at radius 2 is 2.33 bits per heavy atom. The highest BCUT2D eigenvalue weighted by molar-refractivity contribution is 5.85. The Kier molecular flexibility index (Phi) is 2.90. The molecule has 5 nitrogen and oxygen atoms in total. The van der Waals surface area contributed by atoms with Crippen LogP contribution in [0.5, 0.6) is 6.01 Å². The topological polar surface area (TPSA) is 72.3 Å². The van der Waals surface area contributed by atoms with Crippen LogP contribution in [-0.4, -0.2) is 26.6 Å².